The van der Waals surface area contributed by atoms with Crippen molar-refractivity contribution in [2.45, 2.75) is 70.6 Å². The molecule has 0 aliphatic heterocycles. The van der Waals surface area contributed by atoms with Crippen molar-refractivity contribution in [2.24, 2.45) is 0 Å². The van der Waals surface area contributed by atoms with Crippen molar-refractivity contribution in [3.8, 4) is 11.5 Å². The predicted octanol–water partition coefficient (Wildman–Crippen LogP) is 7.28. The zero-order chi connectivity index (χ0) is 28.9. The third kappa shape index (κ3) is 6.58. The topological polar surface area (TPSA) is 81.7 Å². The van der Waals surface area contributed by atoms with Gasteiger partial charge in [-0.3, -0.25) is 4.79 Å². The first-order valence-corrected chi connectivity index (χ1v) is 15.2. The van der Waals surface area contributed by atoms with Gasteiger partial charge in [-0.05, 0) is 71.9 Å². The summed E-state index contributed by atoms with van der Waals surface area (Å²) in [5.74, 6) is 0.390. The number of carbonyl (C=O) groups is 1. The van der Waals surface area contributed by atoms with E-state index in [-0.39, 0.29) is 11.8 Å². The van der Waals surface area contributed by atoms with Gasteiger partial charge < -0.3 is 8.92 Å². The number of ether oxygens (including phenoxy) is 1. The monoisotopic (exact) mass is 561 g/mol. The number of rotatable bonds is 9. The Bertz CT molecular complexity index is 1440. The van der Waals surface area contributed by atoms with E-state index in [1.165, 1.54) is 5.57 Å². The highest BCUT2D eigenvalue weighted by atomic mass is 32.2. The lowest BCUT2D eigenvalue weighted by molar-refractivity contribution is -0.126. The normalized spacial score (nSPS) is 17.5. The molecule has 212 valence electrons. The van der Waals surface area contributed by atoms with Crippen LogP contribution in [0.1, 0.15) is 87.5 Å². The molecule has 1 aliphatic carbocycles. The van der Waals surface area contributed by atoms with Crippen molar-refractivity contribution in [3.05, 3.63) is 101 Å². The second-order valence-electron chi connectivity index (χ2n) is 11.1. The molecular formula is C33H39NO5S. The van der Waals surface area contributed by atoms with Crippen molar-refractivity contribution < 1.29 is 22.1 Å². The molecule has 0 unspecified atom stereocenters. The number of nitrogens with one attached hydrogen (secondary N) is 1. The molecular weight excluding hydrogens is 522 g/mol. The fraction of sp³-hybridized carbons (Fsp3) is 0.364. The van der Waals surface area contributed by atoms with Gasteiger partial charge in [0.25, 0.3) is 0 Å². The number of para-hydroxylation sites is 1. The highest BCUT2D eigenvalue weighted by Gasteiger charge is 2.44. The van der Waals surface area contributed by atoms with Crippen LogP contribution in [0.15, 0.2) is 78.4 Å². The van der Waals surface area contributed by atoms with Gasteiger partial charge in [0.2, 0.25) is 5.91 Å². The maximum absolute atomic E-state index is 14.0. The molecule has 4 rings (SSSR count). The Kier molecular flexibility index (Phi) is 9.04. The van der Waals surface area contributed by atoms with E-state index in [0.717, 1.165) is 22.3 Å². The van der Waals surface area contributed by atoms with Crippen LogP contribution in [0.25, 0.3) is 6.08 Å². The summed E-state index contributed by atoms with van der Waals surface area (Å²) in [5, 5.41) is 0. The number of amides is 1. The average molecular weight is 562 g/mol. The Hall–Kier alpha value is -3.58. The van der Waals surface area contributed by atoms with Crippen molar-refractivity contribution in [1.29, 1.82) is 0 Å². The van der Waals surface area contributed by atoms with Crippen LogP contribution in [-0.4, -0.2) is 21.4 Å². The lowest BCUT2D eigenvalue weighted by Gasteiger charge is -2.37. The first kappa shape index (κ1) is 29.4. The summed E-state index contributed by atoms with van der Waals surface area (Å²) < 4.78 is 40.2. The van der Waals surface area contributed by atoms with Crippen LogP contribution in [0.5, 0.6) is 11.5 Å². The highest BCUT2D eigenvalue weighted by molar-refractivity contribution is 7.85. The largest absolute Gasteiger partial charge is 0.497 e. The second-order valence-corrected chi connectivity index (χ2v) is 12.4. The molecule has 6 nitrogen and oxygen atoms in total. The Labute approximate surface area is 238 Å². The van der Waals surface area contributed by atoms with E-state index in [2.05, 4.69) is 10.8 Å². The van der Waals surface area contributed by atoms with Gasteiger partial charge in [0, 0.05) is 0 Å². The number of hydrogen-bond donors (Lipinski definition) is 1. The zero-order valence-corrected chi connectivity index (χ0v) is 24.8. The van der Waals surface area contributed by atoms with E-state index in [4.69, 9.17) is 8.92 Å². The van der Waals surface area contributed by atoms with Crippen molar-refractivity contribution >= 4 is 22.3 Å². The summed E-state index contributed by atoms with van der Waals surface area (Å²) in [4.78, 5) is 14.0. The van der Waals surface area contributed by atoms with E-state index in [1.54, 1.807) is 7.11 Å². The summed E-state index contributed by atoms with van der Waals surface area (Å²) in [7, 11) is -2.89. The number of methoxy groups -OCH3 is 1. The van der Waals surface area contributed by atoms with Gasteiger partial charge in [-0.15, -0.1) is 0 Å². The second kappa shape index (κ2) is 12.3. The lowest BCUT2D eigenvalue weighted by Crippen LogP contribution is -2.49. The van der Waals surface area contributed by atoms with E-state index < -0.39 is 21.6 Å². The molecule has 0 atom stereocenters. The van der Waals surface area contributed by atoms with Gasteiger partial charge in [0.15, 0.2) is 5.75 Å². The summed E-state index contributed by atoms with van der Waals surface area (Å²) >= 11 is 0. The minimum atomic E-state index is -4.46. The van der Waals surface area contributed by atoms with Crippen LogP contribution in [0.3, 0.4) is 0 Å². The van der Waals surface area contributed by atoms with Gasteiger partial charge in [-0.25, -0.2) is 4.72 Å². The van der Waals surface area contributed by atoms with Crippen LogP contribution in [-0.2, 0) is 20.5 Å². The molecule has 0 saturated heterocycles. The van der Waals surface area contributed by atoms with Crippen LogP contribution in [0.2, 0.25) is 0 Å². The molecule has 0 spiro atoms. The zero-order valence-electron chi connectivity index (χ0n) is 23.9. The molecule has 1 amide bonds. The first-order chi connectivity index (χ1) is 19.0. The molecule has 1 aliphatic rings. The van der Waals surface area contributed by atoms with E-state index in [0.29, 0.717) is 37.2 Å². The molecule has 1 saturated carbocycles. The van der Waals surface area contributed by atoms with Gasteiger partial charge in [-0.1, -0.05) is 100 Å². The highest BCUT2D eigenvalue weighted by Crippen LogP contribution is 2.43. The predicted molar refractivity (Wildman–Crippen MR) is 160 cm³/mol. The molecule has 40 heavy (non-hydrogen) atoms. The van der Waals surface area contributed by atoms with Gasteiger partial charge >= 0.3 is 10.3 Å². The summed E-state index contributed by atoms with van der Waals surface area (Å²) in [6, 6.07) is 23.0. The molecule has 1 N–H and O–H groups in total. The quantitative estimate of drug-likeness (QED) is 0.297. The van der Waals surface area contributed by atoms with Crippen LogP contribution in [0, 0.1) is 0 Å². The first-order valence-electron chi connectivity index (χ1n) is 13.8. The number of hydrogen-bond acceptors (Lipinski definition) is 5. The molecule has 7 heteroatoms. The Balaban J connectivity index is 1.66. The summed E-state index contributed by atoms with van der Waals surface area (Å²) in [6.07, 6.45) is 4.39. The summed E-state index contributed by atoms with van der Waals surface area (Å²) in [6.45, 7) is 7.94. The maximum atomic E-state index is 14.0. The fourth-order valence-electron chi connectivity index (χ4n) is 5.42. The Morgan fingerprint density at radius 1 is 0.875 bits per heavy atom. The molecule has 0 bridgehead atoms. The van der Waals surface area contributed by atoms with E-state index in [1.807, 2.05) is 100 Å². The molecule has 0 aromatic heterocycles. The molecule has 3 aromatic carbocycles. The fourth-order valence-corrected chi connectivity index (χ4v) is 6.29. The van der Waals surface area contributed by atoms with Crippen LogP contribution >= 0.6 is 0 Å². The number of benzene rings is 3. The smallest absolute Gasteiger partial charge is 0.409 e. The van der Waals surface area contributed by atoms with Crippen LogP contribution in [0.4, 0.5) is 0 Å². The van der Waals surface area contributed by atoms with Crippen molar-refractivity contribution in [3.63, 3.8) is 0 Å². The van der Waals surface area contributed by atoms with Gasteiger partial charge in [-0.2, -0.15) is 8.42 Å². The standard InChI is InChI=1S/C33H39NO5S/c1-23(2)29-15-10-16-30(24(3)4)31(29)39-40(36,37)34-32(35)33(27-13-9-14-28(22-27)38-5)19-17-26(18-20-33)21-25-11-7-6-8-12-25/h6-16,21-24H,17-20H2,1-5H3,(H,34,35). The molecule has 0 heterocycles. The number of carbonyl (C=O) groups excluding carboxylic acids is 1. The minimum absolute atomic E-state index is 0.0379. The Morgan fingerprint density at radius 2 is 1.48 bits per heavy atom. The van der Waals surface area contributed by atoms with Crippen molar-refractivity contribution in [2.75, 3.05) is 7.11 Å². The minimum Gasteiger partial charge on any atom is -0.497 e. The third-order valence-electron chi connectivity index (χ3n) is 7.70. The lowest BCUT2D eigenvalue weighted by atomic mass is 9.67. The van der Waals surface area contributed by atoms with E-state index in [9.17, 15) is 13.2 Å². The van der Waals surface area contributed by atoms with Crippen molar-refractivity contribution in [1.82, 2.24) is 4.72 Å². The molecule has 1 fully saturated rings. The van der Waals surface area contributed by atoms with E-state index >= 15 is 0 Å². The number of allylic oxidation sites excluding steroid dienone is 1. The SMILES string of the molecule is COc1cccc(C2(C(=O)NS(=O)(=O)Oc3c(C(C)C)cccc3C(C)C)CCC(=Cc3ccccc3)CC2)c1. The van der Waals surface area contributed by atoms with Crippen LogP contribution < -0.4 is 13.6 Å². The summed E-state index contributed by atoms with van der Waals surface area (Å²) in [5.41, 5.74) is 3.56. The molecule has 0 radical (unpaired) electrons. The van der Waals surface area contributed by atoms with Gasteiger partial charge in [0.1, 0.15) is 5.75 Å². The molecule has 3 aromatic rings. The van der Waals surface area contributed by atoms with Gasteiger partial charge in [0.05, 0.1) is 12.5 Å². The maximum Gasteiger partial charge on any atom is 0.409 e. The third-order valence-corrected chi connectivity index (χ3v) is 8.53. The average Bonchev–Trinajstić information content (AvgIpc) is 2.93. The Morgan fingerprint density at radius 3 is 2.05 bits per heavy atom.